The first-order chi connectivity index (χ1) is 16.3. The minimum atomic E-state index is -2.80. The normalized spacial score (nSPS) is 27.4. The minimum Gasteiger partial charge on any atom is -0.435 e. The number of nitrogens with zero attached hydrogens (tertiary/aromatic N) is 2. The van der Waals surface area contributed by atoms with Crippen LogP contribution in [0.3, 0.4) is 0 Å². The molecule has 1 atom stereocenters. The number of hydrogen-bond acceptors (Lipinski definition) is 6. The molecule has 1 aromatic rings. The summed E-state index contributed by atoms with van der Waals surface area (Å²) in [6.07, 6.45) is 0.391. The lowest BCUT2D eigenvalue weighted by Gasteiger charge is -2.45. The first-order valence-electron chi connectivity index (χ1n) is 11.3. The highest BCUT2D eigenvalue weighted by atomic mass is 79.9. The molecule has 11 heteroatoms. The molecule has 0 radical (unpaired) electrons. The summed E-state index contributed by atoms with van der Waals surface area (Å²) in [5.74, 6) is -2.91. The monoisotopic (exact) mass is 510 g/mol. The number of hydrazone groups is 1. The molecule has 1 aromatic carbocycles. The molecule has 1 aliphatic carbocycles. The maximum atomic E-state index is 14.0. The Labute approximate surface area is 197 Å². The molecule has 1 spiro atoms. The van der Waals surface area contributed by atoms with E-state index in [1.54, 1.807) is 12.2 Å². The van der Waals surface area contributed by atoms with Crippen molar-refractivity contribution in [2.24, 2.45) is 10.5 Å². The van der Waals surface area contributed by atoms with Crippen molar-refractivity contribution in [3.8, 4) is 6.07 Å². The van der Waals surface area contributed by atoms with Gasteiger partial charge in [0.2, 0.25) is 0 Å². The number of amides is 3. The van der Waals surface area contributed by atoms with Crippen LogP contribution in [0.4, 0.5) is 9.18 Å². The van der Waals surface area contributed by atoms with Crippen LogP contribution in [0.15, 0.2) is 27.8 Å². The van der Waals surface area contributed by atoms with Crippen LogP contribution in [-0.2, 0) is 14.3 Å². The molecule has 0 unspecified atom stereocenters. The standard InChI is InChI=1S/C21H23BrFN5O4/c1-12(26-18(30)17(29)25-2)10-20(11-24)5-7-21(8-6-20)16(27-28-19(31)32-21)14-9-13(23)3-4-15(14)22/h3-4,9,12H,5-8,10H2,1-2H3,(H,25,29)(H,26,30)(H,28,31)/t12-,20?,21?/m0/s1/i2D3. The first-order valence-corrected chi connectivity index (χ1v) is 10.6. The SMILES string of the molecule is [2H]C([2H])([2H])NC(=O)C(=O)N[C@@H](C)CC1(C#N)CCC2(CC1)OC(=O)NN=C2c1cc(F)ccc1Br. The summed E-state index contributed by atoms with van der Waals surface area (Å²) in [5.41, 5.74) is 0.909. The Morgan fingerprint density at radius 2 is 2.12 bits per heavy atom. The van der Waals surface area contributed by atoms with Crippen molar-refractivity contribution in [3.05, 3.63) is 34.1 Å². The summed E-state index contributed by atoms with van der Waals surface area (Å²) in [7, 11) is 0. The summed E-state index contributed by atoms with van der Waals surface area (Å²) in [4.78, 5) is 35.8. The molecule has 0 bridgehead atoms. The Balaban J connectivity index is 1.74. The van der Waals surface area contributed by atoms with Crippen molar-refractivity contribution in [2.45, 2.75) is 50.7 Å². The van der Waals surface area contributed by atoms with Gasteiger partial charge in [-0.1, -0.05) is 15.9 Å². The van der Waals surface area contributed by atoms with Crippen molar-refractivity contribution in [1.82, 2.24) is 16.1 Å². The molecule has 0 aromatic heterocycles. The number of nitrogens with one attached hydrogen (secondary N) is 3. The topological polar surface area (TPSA) is 133 Å². The molecule has 9 nitrogen and oxygen atoms in total. The van der Waals surface area contributed by atoms with Gasteiger partial charge in [-0.3, -0.25) is 9.59 Å². The van der Waals surface area contributed by atoms with Crippen molar-refractivity contribution in [1.29, 1.82) is 5.26 Å². The number of ether oxygens (including phenoxy) is 1. The average Bonchev–Trinajstić information content (AvgIpc) is 2.76. The number of hydrogen-bond donors (Lipinski definition) is 3. The van der Waals surface area contributed by atoms with Gasteiger partial charge in [-0.25, -0.2) is 14.6 Å². The van der Waals surface area contributed by atoms with Gasteiger partial charge in [-0.15, -0.1) is 0 Å². The van der Waals surface area contributed by atoms with E-state index in [9.17, 15) is 24.0 Å². The van der Waals surface area contributed by atoms with Gasteiger partial charge in [-0.2, -0.15) is 10.4 Å². The third kappa shape index (κ3) is 4.75. The number of rotatable bonds is 4. The van der Waals surface area contributed by atoms with Gasteiger partial charge < -0.3 is 15.4 Å². The van der Waals surface area contributed by atoms with Crippen LogP contribution in [0.1, 0.15) is 48.7 Å². The van der Waals surface area contributed by atoms with Crippen LogP contribution in [0, 0.1) is 22.6 Å². The van der Waals surface area contributed by atoms with Crippen LogP contribution >= 0.6 is 15.9 Å². The summed E-state index contributed by atoms with van der Waals surface area (Å²) in [6.45, 7) is -1.20. The van der Waals surface area contributed by atoms with E-state index in [0.29, 0.717) is 15.7 Å². The third-order valence-corrected chi connectivity index (χ3v) is 6.50. The van der Waals surface area contributed by atoms with Crippen LogP contribution in [-0.4, -0.2) is 42.2 Å². The van der Waals surface area contributed by atoms with Gasteiger partial charge in [0.15, 0.2) is 5.60 Å². The van der Waals surface area contributed by atoms with Crippen LogP contribution in [0.5, 0.6) is 0 Å². The lowest BCUT2D eigenvalue weighted by Crippen LogP contribution is -2.54. The first kappa shape index (κ1) is 19.7. The molecule has 1 fully saturated rings. The van der Waals surface area contributed by atoms with E-state index in [0.717, 1.165) is 0 Å². The Kier molecular flexibility index (Phi) is 5.68. The van der Waals surface area contributed by atoms with Crippen LogP contribution in [0.25, 0.3) is 0 Å². The molecule has 0 saturated heterocycles. The highest BCUT2D eigenvalue weighted by Gasteiger charge is 2.51. The lowest BCUT2D eigenvalue weighted by molar-refractivity contribution is -0.139. The van der Waals surface area contributed by atoms with E-state index >= 15 is 0 Å². The fourth-order valence-corrected chi connectivity index (χ4v) is 4.69. The maximum Gasteiger partial charge on any atom is 0.428 e. The van der Waals surface area contributed by atoms with E-state index in [1.807, 2.05) is 0 Å². The average molecular weight is 511 g/mol. The van der Waals surface area contributed by atoms with Gasteiger partial charge in [-0.05, 0) is 57.2 Å². The highest BCUT2D eigenvalue weighted by Crippen LogP contribution is 2.47. The number of benzene rings is 1. The van der Waals surface area contributed by atoms with E-state index < -0.39 is 47.8 Å². The summed E-state index contributed by atoms with van der Waals surface area (Å²) >= 11 is 3.38. The summed E-state index contributed by atoms with van der Waals surface area (Å²) in [5, 5.41) is 18.1. The Bertz CT molecular complexity index is 1110. The largest absolute Gasteiger partial charge is 0.435 e. The lowest BCUT2D eigenvalue weighted by atomic mass is 9.65. The van der Waals surface area contributed by atoms with E-state index in [1.165, 1.54) is 18.2 Å². The second-order valence-corrected chi connectivity index (χ2v) is 8.86. The number of likely N-dealkylation sites (N-methyl/N-ethyl adjacent to an activating group) is 1. The zero-order valence-corrected chi connectivity index (χ0v) is 18.7. The molecule has 3 rings (SSSR count). The van der Waals surface area contributed by atoms with Gasteiger partial charge in [0, 0.05) is 27.2 Å². The zero-order valence-electron chi connectivity index (χ0n) is 20.1. The Morgan fingerprint density at radius 3 is 2.78 bits per heavy atom. The molecule has 1 aliphatic heterocycles. The van der Waals surface area contributed by atoms with Gasteiger partial charge in [0.05, 0.1) is 11.5 Å². The van der Waals surface area contributed by atoms with Crippen molar-refractivity contribution < 1.29 is 27.6 Å². The number of carbonyl (C=O) groups is 3. The molecular formula is C21H23BrFN5O4. The number of carbonyl (C=O) groups excluding carboxylic acids is 3. The minimum absolute atomic E-state index is 0.175. The van der Waals surface area contributed by atoms with Crippen molar-refractivity contribution >= 4 is 39.5 Å². The zero-order chi connectivity index (χ0) is 26.0. The van der Waals surface area contributed by atoms with Crippen molar-refractivity contribution in [2.75, 3.05) is 6.98 Å². The van der Waals surface area contributed by atoms with Crippen molar-refractivity contribution in [3.63, 3.8) is 0 Å². The number of nitriles is 1. The summed E-state index contributed by atoms with van der Waals surface area (Å²) in [6, 6.07) is 5.74. The molecule has 3 amide bonds. The maximum absolute atomic E-state index is 14.0. The fraction of sp³-hybridized carbons (Fsp3) is 0.476. The smallest absolute Gasteiger partial charge is 0.428 e. The van der Waals surface area contributed by atoms with Gasteiger partial charge >= 0.3 is 17.9 Å². The fourth-order valence-electron chi connectivity index (χ4n) is 4.25. The van der Waals surface area contributed by atoms with E-state index in [2.05, 4.69) is 37.8 Å². The number of halogens is 2. The van der Waals surface area contributed by atoms with Gasteiger partial charge in [0.25, 0.3) is 0 Å². The predicted octanol–water partition coefficient (Wildman–Crippen LogP) is 2.50. The Morgan fingerprint density at radius 1 is 1.41 bits per heavy atom. The molecule has 2 aliphatic rings. The Hall–Kier alpha value is -3.00. The molecule has 1 heterocycles. The second-order valence-electron chi connectivity index (χ2n) is 8.01. The molecule has 170 valence electrons. The molecule has 32 heavy (non-hydrogen) atoms. The second kappa shape index (κ2) is 9.24. The van der Waals surface area contributed by atoms with E-state index in [-0.39, 0.29) is 32.1 Å². The predicted molar refractivity (Wildman–Crippen MR) is 116 cm³/mol. The molecule has 3 N–H and O–H groups in total. The van der Waals surface area contributed by atoms with E-state index in [4.69, 9.17) is 8.85 Å². The summed E-state index contributed by atoms with van der Waals surface area (Å²) < 4.78 is 41.2. The quantitative estimate of drug-likeness (QED) is 0.535. The van der Waals surface area contributed by atoms with Gasteiger partial charge in [0.1, 0.15) is 11.5 Å². The third-order valence-electron chi connectivity index (χ3n) is 5.81. The van der Waals surface area contributed by atoms with Crippen LogP contribution < -0.4 is 16.1 Å². The van der Waals surface area contributed by atoms with Crippen LogP contribution in [0.2, 0.25) is 0 Å². The highest BCUT2D eigenvalue weighted by molar-refractivity contribution is 9.10. The molecular weight excluding hydrogens is 485 g/mol. The molecule has 1 saturated carbocycles.